The lowest BCUT2D eigenvalue weighted by Crippen LogP contribution is -2.37. The smallest absolute Gasteiger partial charge is 0.191 e. The quantitative estimate of drug-likeness (QED) is 0.362. The Morgan fingerprint density at radius 2 is 2.19 bits per heavy atom. The first-order valence-corrected chi connectivity index (χ1v) is 10.2. The topological polar surface area (TPSA) is 52.6 Å². The van der Waals surface area contributed by atoms with Gasteiger partial charge in [0.15, 0.2) is 5.96 Å². The minimum atomic E-state index is 0. The second-order valence-electron chi connectivity index (χ2n) is 6.66. The zero-order valence-corrected chi connectivity index (χ0v) is 19.6. The number of aliphatic imine (C=N–C) groups is 1. The number of benzene rings is 1. The number of fused-ring (bicyclic) bond motifs is 1. The third-order valence-corrected chi connectivity index (χ3v) is 5.96. The van der Waals surface area contributed by atoms with E-state index in [1.807, 2.05) is 13.2 Å². The minimum absolute atomic E-state index is 0. The van der Waals surface area contributed by atoms with Crippen LogP contribution < -0.4 is 15.5 Å². The van der Waals surface area contributed by atoms with Gasteiger partial charge in [0.05, 0.1) is 5.01 Å². The Kier molecular flexibility index (Phi) is 8.82. The average Bonchev–Trinajstić information content (AvgIpc) is 3.12. The van der Waals surface area contributed by atoms with Gasteiger partial charge in [-0.05, 0) is 36.5 Å². The van der Waals surface area contributed by atoms with Gasteiger partial charge in [-0.15, -0.1) is 35.3 Å². The van der Waals surface area contributed by atoms with Gasteiger partial charge in [0, 0.05) is 56.9 Å². The number of hydrogen-bond acceptors (Lipinski definition) is 4. The Balaban J connectivity index is 0.00000261. The van der Waals surface area contributed by atoms with Crippen LogP contribution in [0.3, 0.4) is 0 Å². The van der Waals surface area contributed by atoms with Crippen molar-refractivity contribution < 1.29 is 0 Å². The normalized spacial score (nSPS) is 13.7. The van der Waals surface area contributed by atoms with Gasteiger partial charge in [-0.1, -0.05) is 19.1 Å². The van der Waals surface area contributed by atoms with E-state index in [4.69, 9.17) is 0 Å². The summed E-state index contributed by atoms with van der Waals surface area (Å²) in [6, 6.07) is 6.78. The van der Waals surface area contributed by atoms with Crippen molar-refractivity contribution in [3.8, 4) is 0 Å². The largest absolute Gasteiger partial charge is 0.374 e. The van der Waals surface area contributed by atoms with Crippen molar-refractivity contribution in [3.05, 3.63) is 45.4 Å². The molecule has 1 aliphatic heterocycles. The molecule has 5 nitrogen and oxygen atoms in total. The number of nitrogens with one attached hydrogen (secondary N) is 2. The Hall–Kier alpha value is -1.35. The predicted molar refractivity (Wildman–Crippen MR) is 127 cm³/mol. The summed E-state index contributed by atoms with van der Waals surface area (Å²) in [7, 11) is 3.99. The van der Waals surface area contributed by atoms with E-state index in [0.717, 1.165) is 38.4 Å². The van der Waals surface area contributed by atoms with E-state index in [9.17, 15) is 0 Å². The lowest BCUT2D eigenvalue weighted by Gasteiger charge is -2.28. The minimum Gasteiger partial charge on any atom is -0.374 e. The maximum atomic E-state index is 4.46. The molecule has 0 unspecified atom stereocenters. The highest BCUT2D eigenvalue weighted by atomic mass is 127. The van der Waals surface area contributed by atoms with E-state index in [0.29, 0.717) is 0 Å². The fraction of sp³-hybridized carbons (Fsp3) is 0.500. The predicted octanol–water partition coefficient (Wildman–Crippen LogP) is 3.61. The van der Waals surface area contributed by atoms with Gasteiger partial charge in [0.2, 0.25) is 0 Å². The fourth-order valence-corrected chi connectivity index (χ4v) is 4.13. The molecule has 7 heteroatoms. The van der Waals surface area contributed by atoms with Crippen LogP contribution in [0.5, 0.6) is 0 Å². The van der Waals surface area contributed by atoms with E-state index in [2.05, 4.69) is 57.7 Å². The summed E-state index contributed by atoms with van der Waals surface area (Å²) in [4.78, 5) is 12.5. The van der Waals surface area contributed by atoms with Gasteiger partial charge < -0.3 is 15.5 Å². The highest BCUT2D eigenvalue weighted by Crippen LogP contribution is 2.26. The highest BCUT2D eigenvalue weighted by Gasteiger charge is 2.13. The van der Waals surface area contributed by atoms with E-state index >= 15 is 0 Å². The van der Waals surface area contributed by atoms with Crippen LogP contribution in [-0.4, -0.2) is 38.1 Å². The molecule has 0 fully saturated rings. The summed E-state index contributed by atoms with van der Waals surface area (Å²) in [5, 5.41) is 7.98. The monoisotopic (exact) mass is 499 g/mol. The average molecular weight is 499 g/mol. The Bertz CT molecular complexity index is 759. The number of guanidine groups is 1. The molecule has 0 spiro atoms. The molecule has 2 heterocycles. The Morgan fingerprint density at radius 3 is 2.93 bits per heavy atom. The second-order valence-corrected chi connectivity index (χ2v) is 7.86. The SMILES string of the molecule is CCc1cnc(CCNC(=NC)NCc2ccc3c(c2)CCCN3C)s1.I. The van der Waals surface area contributed by atoms with Gasteiger partial charge in [-0.25, -0.2) is 4.98 Å². The van der Waals surface area contributed by atoms with E-state index in [1.54, 1.807) is 11.3 Å². The van der Waals surface area contributed by atoms with Crippen molar-refractivity contribution in [1.82, 2.24) is 15.6 Å². The molecular formula is C20H30IN5S. The first-order chi connectivity index (χ1) is 12.7. The summed E-state index contributed by atoms with van der Waals surface area (Å²) < 4.78 is 0. The molecule has 0 radical (unpaired) electrons. The third-order valence-electron chi connectivity index (χ3n) is 4.76. The molecule has 1 aliphatic rings. The van der Waals surface area contributed by atoms with Crippen molar-refractivity contribution in [2.75, 3.05) is 32.1 Å². The first-order valence-electron chi connectivity index (χ1n) is 9.40. The van der Waals surface area contributed by atoms with Crippen molar-refractivity contribution in [1.29, 1.82) is 0 Å². The van der Waals surface area contributed by atoms with Crippen LogP contribution >= 0.6 is 35.3 Å². The first kappa shape index (κ1) is 21.9. The molecule has 148 valence electrons. The van der Waals surface area contributed by atoms with Gasteiger partial charge in [0.1, 0.15) is 0 Å². The molecule has 27 heavy (non-hydrogen) atoms. The summed E-state index contributed by atoms with van der Waals surface area (Å²) in [5.41, 5.74) is 4.13. The molecule has 2 aromatic rings. The van der Waals surface area contributed by atoms with E-state index < -0.39 is 0 Å². The Morgan fingerprint density at radius 1 is 1.33 bits per heavy atom. The lowest BCUT2D eigenvalue weighted by atomic mass is 9.99. The Labute approximate surface area is 183 Å². The lowest BCUT2D eigenvalue weighted by molar-refractivity contribution is 0.740. The van der Waals surface area contributed by atoms with E-state index in [1.165, 1.54) is 39.5 Å². The molecule has 1 aromatic heterocycles. The maximum absolute atomic E-state index is 4.46. The highest BCUT2D eigenvalue weighted by molar-refractivity contribution is 14.0. The van der Waals surface area contributed by atoms with E-state index in [-0.39, 0.29) is 24.0 Å². The molecule has 0 bridgehead atoms. The van der Waals surface area contributed by atoms with Crippen LogP contribution in [0, 0.1) is 0 Å². The van der Waals surface area contributed by atoms with Crippen LogP contribution in [0.15, 0.2) is 29.4 Å². The number of halogens is 1. The van der Waals surface area contributed by atoms with Crippen LogP contribution in [0.25, 0.3) is 0 Å². The number of aromatic nitrogens is 1. The van der Waals surface area contributed by atoms with Gasteiger partial charge >= 0.3 is 0 Å². The van der Waals surface area contributed by atoms with Crippen LogP contribution in [-0.2, 0) is 25.8 Å². The van der Waals surface area contributed by atoms with Crippen LogP contribution in [0.2, 0.25) is 0 Å². The van der Waals surface area contributed by atoms with Gasteiger partial charge in [-0.3, -0.25) is 4.99 Å². The van der Waals surface area contributed by atoms with Crippen molar-refractivity contribution in [3.63, 3.8) is 0 Å². The molecular weight excluding hydrogens is 469 g/mol. The number of anilines is 1. The molecule has 0 saturated carbocycles. The molecule has 0 atom stereocenters. The number of rotatable bonds is 6. The molecule has 0 aliphatic carbocycles. The van der Waals surface area contributed by atoms with Crippen molar-refractivity contribution in [2.45, 2.75) is 39.2 Å². The number of aryl methyl sites for hydroxylation is 2. The second kappa shape index (κ2) is 10.8. The molecule has 3 rings (SSSR count). The summed E-state index contributed by atoms with van der Waals surface area (Å²) >= 11 is 1.80. The molecule has 0 amide bonds. The summed E-state index contributed by atoms with van der Waals surface area (Å²) in [6.45, 7) is 4.94. The maximum Gasteiger partial charge on any atom is 0.191 e. The van der Waals surface area contributed by atoms with Gasteiger partial charge in [0.25, 0.3) is 0 Å². The van der Waals surface area contributed by atoms with Crippen molar-refractivity contribution in [2.24, 2.45) is 4.99 Å². The van der Waals surface area contributed by atoms with Crippen molar-refractivity contribution >= 4 is 47.0 Å². The van der Waals surface area contributed by atoms with Crippen LogP contribution in [0.1, 0.15) is 34.4 Å². The molecule has 2 N–H and O–H groups in total. The third kappa shape index (κ3) is 6.07. The summed E-state index contributed by atoms with van der Waals surface area (Å²) in [6.07, 6.45) is 6.39. The number of nitrogens with zero attached hydrogens (tertiary/aromatic N) is 3. The number of hydrogen-bond donors (Lipinski definition) is 2. The number of thiazole rings is 1. The molecule has 1 aromatic carbocycles. The standard InChI is InChI=1S/C20H29N5S.HI/c1-4-17-14-23-19(26-17)9-10-22-20(21-2)24-13-15-7-8-18-16(12-15)6-5-11-25(18)3;/h7-8,12,14H,4-6,9-11,13H2,1-3H3,(H2,21,22,24);1H. The van der Waals surface area contributed by atoms with Crippen LogP contribution in [0.4, 0.5) is 5.69 Å². The summed E-state index contributed by atoms with van der Waals surface area (Å²) in [5.74, 6) is 0.840. The zero-order chi connectivity index (χ0) is 18.4. The fourth-order valence-electron chi connectivity index (χ4n) is 3.27. The van der Waals surface area contributed by atoms with Gasteiger partial charge in [-0.2, -0.15) is 0 Å². The zero-order valence-electron chi connectivity index (χ0n) is 16.4. The molecule has 0 saturated heterocycles.